The Balaban J connectivity index is 3.36. The summed E-state index contributed by atoms with van der Waals surface area (Å²) in [5.74, 6) is 5.09. The summed E-state index contributed by atoms with van der Waals surface area (Å²) < 4.78 is 2.43. The van der Waals surface area contributed by atoms with E-state index in [1.165, 1.54) is 0 Å². The summed E-state index contributed by atoms with van der Waals surface area (Å²) in [4.78, 5) is -0.624. The van der Waals surface area contributed by atoms with Gasteiger partial charge in [-0.15, -0.1) is 5.84 Å². The molecule has 0 spiro atoms. The average Bonchev–Trinajstić information content (AvgIpc) is 1.68. The Hall–Kier alpha value is 0.570. The number of hydroxylamine groups is 1. The molecule has 1 atom stereocenters. The summed E-state index contributed by atoms with van der Waals surface area (Å²) in [7, 11) is 0. The van der Waals surface area contributed by atoms with Gasteiger partial charge in [0, 0.05) is 0 Å². The van der Waals surface area contributed by atoms with Gasteiger partial charge in [0.2, 0.25) is 0 Å². The third kappa shape index (κ3) is 3.18. The third-order valence-corrected chi connectivity index (χ3v) is 1.46. The van der Waals surface area contributed by atoms with Gasteiger partial charge >= 0.3 is 0 Å². The van der Waals surface area contributed by atoms with E-state index in [4.69, 9.17) is 11.0 Å². The molecule has 0 saturated carbocycles. The summed E-state index contributed by atoms with van der Waals surface area (Å²) in [6.07, 6.45) is 0. The first-order valence-electron chi connectivity index (χ1n) is 1.89. The summed E-state index contributed by atoms with van der Waals surface area (Å²) in [6, 6.07) is 0. The fourth-order valence-corrected chi connectivity index (χ4v) is 0.401. The van der Waals surface area contributed by atoms with Crippen molar-refractivity contribution in [3.05, 3.63) is 0 Å². The van der Waals surface area contributed by atoms with E-state index in [9.17, 15) is 0 Å². The Morgan fingerprint density at radius 2 is 2.43 bits per heavy atom. The highest BCUT2D eigenvalue weighted by Crippen LogP contribution is 1.84. The van der Waals surface area contributed by atoms with Crippen LogP contribution in [0.5, 0.6) is 0 Å². The number of nitrogens with two attached hydrogens (primary N) is 1. The van der Waals surface area contributed by atoms with Crippen molar-refractivity contribution in [3.8, 4) is 0 Å². The number of nitrogens with one attached hydrogen (secondary N) is 1. The van der Waals surface area contributed by atoms with Gasteiger partial charge in [-0.25, -0.2) is 0 Å². The monoisotopic (exact) mass is 218 g/mol. The number of hydrogen-bond acceptors (Lipinski definition) is 3. The van der Waals surface area contributed by atoms with Crippen molar-refractivity contribution in [3.63, 3.8) is 0 Å². The van der Waals surface area contributed by atoms with E-state index in [0.717, 1.165) is 0 Å². The number of hydrogen-bond donors (Lipinski definition) is 3. The molecule has 0 aliphatic heterocycles. The van der Waals surface area contributed by atoms with E-state index in [0.29, 0.717) is 6.54 Å². The zero-order valence-electron chi connectivity index (χ0n) is 4.06. The lowest BCUT2D eigenvalue weighted by Crippen LogP contribution is -2.56. The zero-order chi connectivity index (χ0) is 5.91. The van der Waals surface area contributed by atoms with Crippen molar-refractivity contribution >= 4 is 22.9 Å². The minimum atomic E-state index is -0.624. The molecule has 4 N–H and O–H groups in total. The zero-order valence-corrected chi connectivity index (χ0v) is 6.21. The molecule has 4 nitrogen and oxygen atoms in total. The molecule has 44 valence electrons. The van der Waals surface area contributed by atoms with Crippen LogP contribution in [0.2, 0.25) is 0 Å². The Morgan fingerprint density at radius 1 is 2.00 bits per heavy atom. The topological polar surface area (TPSA) is 58.3 Å². The highest BCUT2D eigenvalue weighted by atomic mass is 127. The molecule has 1 unspecified atom stereocenters. The van der Waals surface area contributed by atoms with Gasteiger partial charge in [-0.1, -0.05) is 3.64 Å². The van der Waals surface area contributed by atoms with Crippen molar-refractivity contribution in [1.82, 2.24) is 3.64 Å². The smallest absolute Gasteiger partial charge is 0.146 e. The van der Waals surface area contributed by atoms with Crippen LogP contribution in [0.25, 0.3) is 0 Å². The number of quaternary nitrogens is 1. The quantitative estimate of drug-likeness (QED) is 0.200. The van der Waals surface area contributed by atoms with Gasteiger partial charge in [-0.2, -0.15) is 5.21 Å². The van der Waals surface area contributed by atoms with Crippen molar-refractivity contribution in [1.29, 1.82) is 0 Å². The van der Waals surface area contributed by atoms with Gasteiger partial charge < -0.3 is 0 Å². The molecule has 0 saturated heterocycles. The molecule has 0 aliphatic carbocycles. The molecule has 5 heteroatoms. The summed E-state index contributed by atoms with van der Waals surface area (Å²) in [5, 5.41) is 8.73. The Bertz CT molecular complexity index is 50.9. The van der Waals surface area contributed by atoms with Crippen LogP contribution in [0, 0.1) is 0 Å². The largest absolute Gasteiger partial charge is 0.174 e. The highest BCUT2D eigenvalue weighted by Gasteiger charge is 2.12. The lowest BCUT2D eigenvalue weighted by atomic mass is 10.8. The molecule has 0 aromatic carbocycles. The molecule has 0 bridgehead atoms. The van der Waals surface area contributed by atoms with Crippen molar-refractivity contribution < 1.29 is 10.1 Å². The van der Waals surface area contributed by atoms with Gasteiger partial charge in [0.05, 0.1) is 22.9 Å². The van der Waals surface area contributed by atoms with Crippen LogP contribution in [0.1, 0.15) is 6.92 Å². The molecular formula is C2H9IN3O+. The first-order chi connectivity index (χ1) is 3.12. The number of halogens is 1. The van der Waals surface area contributed by atoms with Crippen LogP contribution in [-0.4, -0.2) is 16.6 Å². The predicted molar refractivity (Wildman–Crippen MR) is 33.9 cm³/mol. The summed E-state index contributed by atoms with van der Waals surface area (Å²) in [5.41, 5.74) is 0. The molecular weight excluding hydrogens is 209 g/mol. The minimum absolute atomic E-state index is 0.447. The second kappa shape index (κ2) is 2.78. The molecule has 0 radical (unpaired) electrons. The number of rotatable bonds is 2. The Labute approximate surface area is 56.3 Å². The van der Waals surface area contributed by atoms with Gasteiger partial charge in [0.1, 0.15) is 6.54 Å². The summed E-state index contributed by atoms with van der Waals surface area (Å²) >= 11 is 1.78. The van der Waals surface area contributed by atoms with E-state index >= 15 is 0 Å². The Kier molecular flexibility index (Phi) is 3.00. The Morgan fingerprint density at radius 3 is 2.43 bits per heavy atom. The highest BCUT2D eigenvalue weighted by molar-refractivity contribution is 14.1. The maximum Gasteiger partial charge on any atom is 0.146 e. The maximum absolute atomic E-state index is 8.73. The first-order valence-corrected chi connectivity index (χ1v) is 2.97. The fraction of sp³-hybridized carbons (Fsp3) is 1.00. The third-order valence-electron chi connectivity index (χ3n) is 0.628. The molecule has 0 aromatic heterocycles. The number of nitrogens with zero attached hydrogens (tertiary/aromatic N) is 1. The molecule has 0 rings (SSSR count). The van der Waals surface area contributed by atoms with Gasteiger partial charge in [0.15, 0.2) is 0 Å². The van der Waals surface area contributed by atoms with E-state index in [1.807, 2.05) is 0 Å². The van der Waals surface area contributed by atoms with Crippen LogP contribution >= 0.6 is 22.9 Å². The van der Waals surface area contributed by atoms with E-state index in [-0.39, 0.29) is 0 Å². The van der Waals surface area contributed by atoms with Gasteiger partial charge in [-0.05, 0) is 11.8 Å². The van der Waals surface area contributed by atoms with Crippen LogP contribution in [0.4, 0.5) is 0 Å². The van der Waals surface area contributed by atoms with Crippen molar-refractivity contribution in [2.24, 2.45) is 5.84 Å². The normalized spacial score (nSPS) is 18.9. The predicted octanol–water partition coefficient (Wildman–Crippen LogP) is -0.0594. The van der Waals surface area contributed by atoms with Crippen molar-refractivity contribution in [2.45, 2.75) is 6.92 Å². The minimum Gasteiger partial charge on any atom is -0.174 e. The van der Waals surface area contributed by atoms with Gasteiger partial charge in [0.25, 0.3) is 0 Å². The standard InChI is InChI=1S/C2H9IN3O/c1-2-6(4,7)5-3/h5,7H,2,4H2,1H3/q+1. The second-order valence-corrected chi connectivity index (χ2v) is 1.71. The molecule has 0 aliphatic rings. The van der Waals surface area contributed by atoms with E-state index in [1.54, 1.807) is 29.8 Å². The molecule has 0 aromatic rings. The lowest BCUT2D eigenvalue weighted by Gasteiger charge is -2.16. The van der Waals surface area contributed by atoms with Crippen LogP contribution < -0.4 is 9.48 Å². The van der Waals surface area contributed by atoms with Crippen LogP contribution in [0.15, 0.2) is 0 Å². The molecule has 0 fully saturated rings. The molecule has 0 amide bonds. The van der Waals surface area contributed by atoms with E-state index in [2.05, 4.69) is 3.64 Å². The maximum atomic E-state index is 8.73. The van der Waals surface area contributed by atoms with Crippen LogP contribution in [-0.2, 0) is 0 Å². The first kappa shape index (κ1) is 7.57. The summed E-state index contributed by atoms with van der Waals surface area (Å²) in [6.45, 7) is 2.22. The van der Waals surface area contributed by atoms with Crippen molar-refractivity contribution in [2.75, 3.05) is 6.54 Å². The second-order valence-electron chi connectivity index (χ2n) is 1.23. The van der Waals surface area contributed by atoms with Gasteiger partial charge in [-0.3, -0.25) is 0 Å². The molecule has 7 heavy (non-hydrogen) atoms. The SMILES string of the molecule is CC[N+](N)(O)NI. The average molecular weight is 218 g/mol. The lowest BCUT2D eigenvalue weighted by molar-refractivity contribution is -1.13. The fourth-order valence-electron chi connectivity index (χ4n) is 0.0598. The molecule has 0 heterocycles. The van der Waals surface area contributed by atoms with Crippen LogP contribution in [0.3, 0.4) is 0 Å². The van der Waals surface area contributed by atoms with E-state index < -0.39 is 4.86 Å².